The van der Waals surface area contributed by atoms with E-state index in [4.69, 9.17) is 13.8 Å². The Balaban J connectivity index is 3.70. The minimum atomic E-state index is -1.96. The first-order valence-corrected chi connectivity index (χ1v) is 16.5. The number of hydrogen-bond donors (Lipinski definition) is 2. The van der Waals surface area contributed by atoms with Gasteiger partial charge in [-0.25, -0.2) is 4.79 Å². The van der Waals surface area contributed by atoms with Gasteiger partial charge in [-0.3, -0.25) is 0 Å². The van der Waals surface area contributed by atoms with Crippen LogP contribution in [0.2, 0.25) is 0 Å². The van der Waals surface area contributed by atoms with Crippen LogP contribution in [0.5, 0.6) is 0 Å². The van der Waals surface area contributed by atoms with Crippen LogP contribution in [0.1, 0.15) is 136 Å². The van der Waals surface area contributed by atoms with Gasteiger partial charge in [0.05, 0.1) is 13.2 Å². The molecule has 0 aromatic heterocycles. The summed E-state index contributed by atoms with van der Waals surface area (Å²) in [6.45, 7) is 5.92. The first-order valence-electron chi connectivity index (χ1n) is 15.3. The number of hydrogen-bond acceptors (Lipinski definition) is 6. The smallest absolute Gasteiger partial charge is 0.407 e. The monoisotopic (exact) mass is 548 g/mol. The van der Waals surface area contributed by atoms with E-state index < -0.39 is 14.7 Å². The molecule has 7 nitrogen and oxygen atoms in total. The van der Waals surface area contributed by atoms with E-state index in [9.17, 15) is 9.69 Å². The fraction of sp³-hybridized carbons (Fsp3) is 0.966. The Kier molecular flexibility index (Phi) is 28.2. The van der Waals surface area contributed by atoms with Crippen LogP contribution in [-0.2, 0) is 13.8 Å². The van der Waals surface area contributed by atoms with Crippen LogP contribution >= 0.6 is 8.60 Å². The van der Waals surface area contributed by atoms with Gasteiger partial charge in [0.25, 0.3) is 0 Å². The molecule has 0 saturated carbocycles. The molecule has 0 radical (unpaired) electrons. The third-order valence-electron chi connectivity index (χ3n) is 6.59. The van der Waals surface area contributed by atoms with Crippen molar-refractivity contribution in [2.75, 3.05) is 40.4 Å². The van der Waals surface area contributed by atoms with E-state index in [1.165, 1.54) is 103 Å². The molecule has 0 saturated heterocycles. The molecule has 2 N–H and O–H groups in total. The van der Waals surface area contributed by atoms with Gasteiger partial charge in [0, 0.05) is 13.1 Å². The van der Waals surface area contributed by atoms with E-state index in [0.717, 1.165) is 19.3 Å². The maximum Gasteiger partial charge on any atom is 0.407 e. The molecule has 1 amide bonds. The summed E-state index contributed by atoms with van der Waals surface area (Å²) in [7, 11) is 1.93. The highest BCUT2D eigenvalue weighted by atomic mass is 31.2. The Labute approximate surface area is 230 Å². The molecule has 2 unspecified atom stereocenters. The highest BCUT2D eigenvalue weighted by Crippen LogP contribution is 2.33. The third kappa shape index (κ3) is 28.4. The fourth-order valence-corrected chi connectivity index (χ4v) is 4.88. The van der Waals surface area contributed by atoms with E-state index in [1.54, 1.807) is 0 Å². The Bertz CT molecular complexity index is 485. The van der Waals surface area contributed by atoms with E-state index >= 15 is 0 Å². The van der Waals surface area contributed by atoms with Gasteiger partial charge < -0.3 is 28.9 Å². The van der Waals surface area contributed by atoms with Gasteiger partial charge in [0.2, 0.25) is 0 Å². The summed E-state index contributed by atoms with van der Waals surface area (Å²) in [6.07, 6.45) is 24.1. The second kappa shape index (κ2) is 28.5. The lowest BCUT2D eigenvalue weighted by Crippen LogP contribution is -2.31. The lowest BCUT2D eigenvalue weighted by molar-refractivity contribution is 0.0513. The van der Waals surface area contributed by atoms with Crippen LogP contribution in [0.25, 0.3) is 0 Å². The third-order valence-corrected chi connectivity index (χ3v) is 7.36. The lowest BCUT2D eigenvalue weighted by atomic mass is 10.0. The molecule has 8 heteroatoms. The molecule has 2 atom stereocenters. The predicted molar refractivity (Wildman–Crippen MR) is 157 cm³/mol. The SMILES string of the molecule is CCCCCCCCCCCCCCCCCCCCC(COP(O)OCCN(C)C)OC(=O)NCC. The predicted octanol–water partition coefficient (Wildman–Crippen LogP) is 8.35. The van der Waals surface area contributed by atoms with Gasteiger partial charge >= 0.3 is 14.7 Å². The average Bonchev–Trinajstić information content (AvgIpc) is 2.86. The number of ether oxygens (including phenoxy) is 1. The van der Waals surface area contributed by atoms with Gasteiger partial charge in [0.1, 0.15) is 6.10 Å². The second-order valence-corrected chi connectivity index (χ2v) is 11.5. The average molecular weight is 549 g/mol. The number of nitrogens with one attached hydrogen (secondary N) is 1. The lowest BCUT2D eigenvalue weighted by Gasteiger charge is -2.20. The Morgan fingerprint density at radius 2 is 1.22 bits per heavy atom. The summed E-state index contributed by atoms with van der Waals surface area (Å²) in [6, 6.07) is 0. The topological polar surface area (TPSA) is 80.3 Å². The number of rotatable bonds is 28. The number of likely N-dealkylation sites (N-methyl/N-ethyl adjacent to an activating group) is 1. The second-order valence-electron chi connectivity index (χ2n) is 10.5. The molecule has 37 heavy (non-hydrogen) atoms. The molecule has 0 aliphatic heterocycles. The number of carbonyl (C=O) groups excluding carboxylic acids is 1. The van der Waals surface area contributed by atoms with Crippen LogP contribution in [0.4, 0.5) is 4.79 Å². The standard InChI is InChI=1S/C29H61N2O5P/c1-5-7-8-9-10-11-12-13-14-15-16-17-18-19-20-21-22-23-24-28(36-29(32)30-6-2)27-35-37(33)34-26-25-31(3)4/h28,33H,5-27H2,1-4H3,(H,30,32). The van der Waals surface area contributed by atoms with Crippen molar-refractivity contribution in [1.82, 2.24) is 10.2 Å². The molecule has 0 heterocycles. The van der Waals surface area contributed by atoms with Crippen LogP contribution in [-0.4, -0.2) is 62.4 Å². The van der Waals surface area contributed by atoms with Gasteiger partial charge in [-0.05, 0) is 33.9 Å². The van der Waals surface area contributed by atoms with Crippen LogP contribution in [0.15, 0.2) is 0 Å². The highest BCUT2D eigenvalue weighted by Gasteiger charge is 2.17. The summed E-state index contributed by atoms with van der Waals surface area (Å²) < 4.78 is 16.2. The van der Waals surface area contributed by atoms with Crippen molar-refractivity contribution < 1.29 is 23.5 Å². The zero-order chi connectivity index (χ0) is 27.4. The maximum atomic E-state index is 11.9. The molecule has 0 aliphatic carbocycles. The zero-order valence-corrected chi connectivity index (χ0v) is 25.7. The van der Waals surface area contributed by atoms with Gasteiger partial charge in [0.15, 0.2) is 0 Å². The van der Waals surface area contributed by atoms with Crippen molar-refractivity contribution in [2.24, 2.45) is 0 Å². The molecule has 0 rings (SSSR count). The summed E-state index contributed by atoms with van der Waals surface area (Å²) in [5.41, 5.74) is 0. The molecule has 0 aromatic carbocycles. The van der Waals surface area contributed by atoms with Crippen molar-refractivity contribution in [1.29, 1.82) is 0 Å². The quantitative estimate of drug-likeness (QED) is 0.0755. The molecule has 0 fully saturated rings. The van der Waals surface area contributed by atoms with Gasteiger partial charge in [-0.15, -0.1) is 0 Å². The molecule has 0 aliphatic rings. The summed E-state index contributed by atoms with van der Waals surface area (Å²) in [5, 5.41) is 2.66. The number of nitrogens with zero attached hydrogens (tertiary/aromatic N) is 1. The Morgan fingerprint density at radius 1 is 0.757 bits per heavy atom. The maximum absolute atomic E-state index is 11.9. The largest absolute Gasteiger partial charge is 0.444 e. The van der Waals surface area contributed by atoms with E-state index in [-0.39, 0.29) is 12.7 Å². The summed E-state index contributed by atoms with van der Waals surface area (Å²) in [5.74, 6) is 0. The van der Waals surface area contributed by atoms with E-state index in [2.05, 4.69) is 12.2 Å². The van der Waals surface area contributed by atoms with Crippen molar-refractivity contribution in [2.45, 2.75) is 142 Å². The zero-order valence-electron chi connectivity index (χ0n) is 24.8. The Hall–Kier alpha value is -0.460. The summed E-state index contributed by atoms with van der Waals surface area (Å²) >= 11 is 0. The highest BCUT2D eigenvalue weighted by molar-refractivity contribution is 7.40. The van der Waals surface area contributed by atoms with Crippen LogP contribution in [0.3, 0.4) is 0 Å². The number of amides is 1. The minimum absolute atomic E-state index is 0.153. The van der Waals surface area contributed by atoms with E-state index in [0.29, 0.717) is 19.7 Å². The molecular formula is C29H61N2O5P. The van der Waals surface area contributed by atoms with Crippen molar-refractivity contribution in [3.63, 3.8) is 0 Å². The normalized spacial score (nSPS) is 13.1. The van der Waals surface area contributed by atoms with Crippen LogP contribution in [0, 0.1) is 0 Å². The number of alkyl carbamates (subject to hydrolysis) is 1. The number of carbonyl (C=O) groups is 1. The molecule has 0 aromatic rings. The van der Waals surface area contributed by atoms with Crippen molar-refractivity contribution >= 4 is 14.7 Å². The van der Waals surface area contributed by atoms with Crippen LogP contribution < -0.4 is 5.32 Å². The molecule has 0 bridgehead atoms. The minimum Gasteiger partial charge on any atom is -0.444 e. The first-order chi connectivity index (χ1) is 18.0. The van der Waals surface area contributed by atoms with Crippen molar-refractivity contribution in [3.05, 3.63) is 0 Å². The Morgan fingerprint density at radius 3 is 1.65 bits per heavy atom. The number of unbranched alkanes of at least 4 members (excludes halogenated alkanes) is 17. The molecular weight excluding hydrogens is 487 g/mol. The first kappa shape index (κ1) is 36.5. The van der Waals surface area contributed by atoms with E-state index in [1.807, 2.05) is 25.9 Å². The summed E-state index contributed by atoms with van der Waals surface area (Å²) in [4.78, 5) is 23.8. The van der Waals surface area contributed by atoms with Crippen molar-refractivity contribution in [3.8, 4) is 0 Å². The molecule has 222 valence electrons. The fourth-order valence-electron chi connectivity index (χ4n) is 4.27. The molecule has 0 spiro atoms. The van der Waals surface area contributed by atoms with Gasteiger partial charge in [-0.1, -0.05) is 116 Å². The van der Waals surface area contributed by atoms with Gasteiger partial charge in [-0.2, -0.15) is 0 Å².